The predicted molar refractivity (Wildman–Crippen MR) is 45.0 cm³/mol. The van der Waals surface area contributed by atoms with Gasteiger partial charge in [0.25, 0.3) is 0 Å². The molecule has 0 aromatic heterocycles. The van der Waals surface area contributed by atoms with Crippen molar-refractivity contribution in [2.45, 2.75) is 32.7 Å². The Hall–Kier alpha value is -0.300. The van der Waals surface area contributed by atoms with Crippen molar-refractivity contribution in [1.29, 1.82) is 0 Å². The molecule has 10 heavy (non-hydrogen) atoms. The van der Waals surface area contributed by atoms with E-state index in [1.54, 1.807) is 0 Å². The molecule has 1 aliphatic carbocycles. The van der Waals surface area contributed by atoms with Gasteiger partial charge in [0.2, 0.25) is 0 Å². The van der Waals surface area contributed by atoms with E-state index in [-0.39, 0.29) is 0 Å². The van der Waals surface area contributed by atoms with E-state index in [2.05, 4.69) is 25.7 Å². The zero-order valence-electron chi connectivity index (χ0n) is 6.98. The van der Waals surface area contributed by atoms with E-state index in [4.69, 9.17) is 0 Å². The summed E-state index contributed by atoms with van der Waals surface area (Å²) in [5.41, 5.74) is 1.40. The maximum absolute atomic E-state index is 4.07. The molecule has 1 saturated carbocycles. The second kappa shape index (κ2) is 3.20. The molecule has 0 bridgehead atoms. The van der Waals surface area contributed by atoms with Crippen LogP contribution < -0.4 is 5.32 Å². The van der Waals surface area contributed by atoms with Gasteiger partial charge in [0.05, 0.1) is 0 Å². The Morgan fingerprint density at radius 2 is 2.30 bits per heavy atom. The van der Waals surface area contributed by atoms with Crippen molar-refractivity contribution in [1.82, 2.24) is 5.32 Å². The summed E-state index contributed by atoms with van der Waals surface area (Å²) in [7, 11) is 0. The number of rotatable bonds is 4. The van der Waals surface area contributed by atoms with Gasteiger partial charge in [-0.3, -0.25) is 0 Å². The molecule has 58 valence electrons. The predicted octanol–water partition coefficient (Wildman–Crippen LogP) is 1.95. The van der Waals surface area contributed by atoms with Gasteiger partial charge in [-0.2, -0.15) is 0 Å². The normalized spacial score (nSPS) is 20.6. The molecule has 1 aliphatic rings. The lowest BCUT2D eigenvalue weighted by atomic mass is 10.1. The largest absolute Gasteiger partial charge is 0.311 e. The lowest BCUT2D eigenvalue weighted by molar-refractivity contribution is 0.609. The van der Waals surface area contributed by atoms with Crippen LogP contribution in [0.25, 0.3) is 0 Å². The van der Waals surface area contributed by atoms with Crippen LogP contribution in [0.15, 0.2) is 12.2 Å². The Balaban J connectivity index is 2.24. The van der Waals surface area contributed by atoms with Gasteiger partial charge < -0.3 is 5.32 Å². The molecule has 0 saturated heterocycles. The molecule has 1 fully saturated rings. The third-order valence-electron chi connectivity index (χ3n) is 2.17. The van der Waals surface area contributed by atoms with Gasteiger partial charge in [0, 0.05) is 6.04 Å². The zero-order chi connectivity index (χ0) is 7.56. The SMILES string of the molecule is C=C(C1CC1)C(C)NCC. The van der Waals surface area contributed by atoms with E-state index < -0.39 is 0 Å². The van der Waals surface area contributed by atoms with Crippen molar-refractivity contribution in [2.75, 3.05) is 6.54 Å². The lowest BCUT2D eigenvalue weighted by Crippen LogP contribution is -2.27. The van der Waals surface area contributed by atoms with Crippen molar-refractivity contribution >= 4 is 0 Å². The fourth-order valence-electron chi connectivity index (χ4n) is 1.24. The van der Waals surface area contributed by atoms with Crippen LogP contribution in [0.5, 0.6) is 0 Å². The molecule has 1 atom stereocenters. The maximum Gasteiger partial charge on any atom is 0.0251 e. The van der Waals surface area contributed by atoms with Gasteiger partial charge >= 0.3 is 0 Å². The minimum Gasteiger partial charge on any atom is -0.311 e. The lowest BCUT2D eigenvalue weighted by Gasteiger charge is -2.14. The summed E-state index contributed by atoms with van der Waals surface area (Å²) in [6, 6.07) is 0.525. The fourth-order valence-corrected chi connectivity index (χ4v) is 1.24. The molecular weight excluding hydrogens is 122 g/mol. The molecule has 0 radical (unpaired) electrons. The molecular formula is C9H17N. The van der Waals surface area contributed by atoms with Crippen molar-refractivity contribution in [2.24, 2.45) is 5.92 Å². The van der Waals surface area contributed by atoms with Crippen LogP contribution in [0.4, 0.5) is 0 Å². The first-order valence-electron chi connectivity index (χ1n) is 4.17. The molecule has 0 aliphatic heterocycles. The smallest absolute Gasteiger partial charge is 0.0251 e. The standard InChI is InChI=1S/C9H17N/c1-4-10-8(3)7(2)9-5-6-9/h8-10H,2,4-6H2,1,3H3. The van der Waals surface area contributed by atoms with Crippen molar-refractivity contribution in [3.63, 3.8) is 0 Å². The van der Waals surface area contributed by atoms with E-state index in [9.17, 15) is 0 Å². The Kier molecular flexibility index (Phi) is 2.50. The molecule has 0 heterocycles. The maximum atomic E-state index is 4.07. The summed E-state index contributed by atoms with van der Waals surface area (Å²) in [6.07, 6.45) is 2.74. The van der Waals surface area contributed by atoms with Gasteiger partial charge in [0.1, 0.15) is 0 Å². The number of hydrogen-bond acceptors (Lipinski definition) is 1. The first kappa shape index (κ1) is 7.80. The average Bonchev–Trinajstić information content (AvgIpc) is 2.68. The summed E-state index contributed by atoms with van der Waals surface area (Å²) in [4.78, 5) is 0. The van der Waals surface area contributed by atoms with Crippen LogP contribution in [-0.4, -0.2) is 12.6 Å². The molecule has 1 heteroatoms. The molecule has 1 nitrogen and oxygen atoms in total. The average molecular weight is 139 g/mol. The van der Waals surface area contributed by atoms with Gasteiger partial charge in [-0.25, -0.2) is 0 Å². The second-order valence-electron chi connectivity index (χ2n) is 3.13. The highest BCUT2D eigenvalue weighted by Gasteiger charge is 2.26. The third kappa shape index (κ3) is 1.84. The highest BCUT2D eigenvalue weighted by atomic mass is 14.9. The monoisotopic (exact) mass is 139 g/mol. The molecule has 0 aromatic carbocycles. The van der Waals surface area contributed by atoms with Gasteiger partial charge in [-0.1, -0.05) is 19.1 Å². The Morgan fingerprint density at radius 3 is 2.70 bits per heavy atom. The molecule has 1 unspecified atom stereocenters. The quantitative estimate of drug-likeness (QED) is 0.587. The Bertz CT molecular complexity index is 125. The van der Waals surface area contributed by atoms with E-state index in [0.29, 0.717) is 6.04 Å². The Labute approximate surface area is 63.5 Å². The van der Waals surface area contributed by atoms with Crippen LogP contribution in [0.2, 0.25) is 0 Å². The zero-order valence-corrected chi connectivity index (χ0v) is 6.98. The third-order valence-corrected chi connectivity index (χ3v) is 2.17. The van der Waals surface area contributed by atoms with Crippen molar-refractivity contribution in [3.8, 4) is 0 Å². The van der Waals surface area contributed by atoms with Crippen molar-refractivity contribution < 1.29 is 0 Å². The summed E-state index contributed by atoms with van der Waals surface area (Å²) >= 11 is 0. The highest BCUT2D eigenvalue weighted by Crippen LogP contribution is 2.36. The molecule has 0 spiro atoms. The van der Waals surface area contributed by atoms with Gasteiger partial charge in [-0.05, 0) is 32.2 Å². The van der Waals surface area contributed by atoms with Gasteiger partial charge in [-0.15, -0.1) is 0 Å². The minimum atomic E-state index is 0.525. The van der Waals surface area contributed by atoms with E-state index in [1.165, 1.54) is 18.4 Å². The number of hydrogen-bond donors (Lipinski definition) is 1. The Morgan fingerprint density at radius 1 is 1.70 bits per heavy atom. The van der Waals surface area contributed by atoms with Crippen LogP contribution in [-0.2, 0) is 0 Å². The number of nitrogens with one attached hydrogen (secondary N) is 1. The van der Waals surface area contributed by atoms with E-state index >= 15 is 0 Å². The highest BCUT2D eigenvalue weighted by molar-refractivity contribution is 5.13. The second-order valence-corrected chi connectivity index (χ2v) is 3.13. The molecule has 0 amide bonds. The van der Waals surface area contributed by atoms with Crippen LogP contribution >= 0.6 is 0 Å². The fraction of sp³-hybridized carbons (Fsp3) is 0.778. The topological polar surface area (TPSA) is 12.0 Å². The molecule has 0 aromatic rings. The first-order valence-corrected chi connectivity index (χ1v) is 4.17. The minimum absolute atomic E-state index is 0.525. The molecule has 1 N–H and O–H groups in total. The van der Waals surface area contributed by atoms with Crippen LogP contribution in [0, 0.1) is 5.92 Å². The van der Waals surface area contributed by atoms with Crippen molar-refractivity contribution in [3.05, 3.63) is 12.2 Å². The summed E-state index contributed by atoms with van der Waals surface area (Å²) in [5, 5.41) is 3.37. The summed E-state index contributed by atoms with van der Waals surface area (Å²) in [6.45, 7) is 9.46. The molecule has 1 rings (SSSR count). The van der Waals surface area contributed by atoms with E-state index in [0.717, 1.165) is 12.5 Å². The van der Waals surface area contributed by atoms with E-state index in [1.807, 2.05) is 0 Å². The first-order chi connectivity index (χ1) is 4.75. The number of likely N-dealkylation sites (N-methyl/N-ethyl adjacent to an activating group) is 1. The summed E-state index contributed by atoms with van der Waals surface area (Å²) < 4.78 is 0. The van der Waals surface area contributed by atoms with Gasteiger partial charge in [0.15, 0.2) is 0 Å². The van der Waals surface area contributed by atoms with Crippen LogP contribution in [0.3, 0.4) is 0 Å². The van der Waals surface area contributed by atoms with Crippen LogP contribution in [0.1, 0.15) is 26.7 Å². The summed E-state index contributed by atoms with van der Waals surface area (Å²) in [5.74, 6) is 0.842.